The van der Waals surface area contributed by atoms with Crippen LogP contribution in [0.25, 0.3) is 10.8 Å². The molecule has 3 amide bonds. The maximum atomic E-state index is 15.0. The maximum absolute atomic E-state index is 15.0. The Morgan fingerprint density at radius 3 is 2.56 bits per heavy atom. The highest BCUT2D eigenvalue weighted by atomic mass is 19.1. The number of halogens is 1. The van der Waals surface area contributed by atoms with Gasteiger partial charge < -0.3 is 15.1 Å². The smallest absolute Gasteiger partial charge is 0.317 e. The van der Waals surface area contributed by atoms with Crippen molar-refractivity contribution in [2.45, 2.75) is 32.4 Å². The zero-order valence-electron chi connectivity index (χ0n) is 22.6. The van der Waals surface area contributed by atoms with Crippen LogP contribution in [0.3, 0.4) is 0 Å². The second kappa shape index (κ2) is 12.0. The molecule has 10 heteroatoms. The van der Waals surface area contributed by atoms with E-state index >= 15 is 0 Å². The number of benzene rings is 3. The number of H-pyrrole nitrogens is 1. The average molecular weight is 553 g/mol. The number of aromatic nitrogens is 2. The molecule has 0 spiro atoms. The van der Waals surface area contributed by atoms with Crippen LogP contribution in [0.15, 0.2) is 71.5 Å². The average Bonchev–Trinajstić information content (AvgIpc) is 2.99. The minimum Gasteiger partial charge on any atom is -0.334 e. The van der Waals surface area contributed by atoms with Crippen LogP contribution in [0.1, 0.15) is 39.2 Å². The number of carbonyl (C=O) groups excluding carboxylic acids is 2. The van der Waals surface area contributed by atoms with E-state index in [0.29, 0.717) is 28.6 Å². The van der Waals surface area contributed by atoms with Crippen LogP contribution < -0.4 is 10.9 Å². The summed E-state index contributed by atoms with van der Waals surface area (Å²) < 4.78 is 15.0. The molecule has 0 bridgehead atoms. The Hall–Kier alpha value is -5.04. The number of nitrogens with zero attached hydrogens (tertiary/aromatic N) is 4. The van der Waals surface area contributed by atoms with Gasteiger partial charge in [0.1, 0.15) is 5.82 Å². The molecule has 3 aromatic carbocycles. The fourth-order valence-electron chi connectivity index (χ4n) is 5.08. The largest absolute Gasteiger partial charge is 0.334 e. The lowest BCUT2D eigenvalue weighted by atomic mass is 10.0. The summed E-state index contributed by atoms with van der Waals surface area (Å²) in [4.78, 5) is 41.6. The van der Waals surface area contributed by atoms with E-state index < -0.39 is 17.8 Å². The van der Waals surface area contributed by atoms with Crippen LogP contribution in [0.2, 0.25) is 0 Å². The van der Waals surface area contributed by atoms with E-state index in [4.69, 9.17) is 0 Å². The van der Waals surface area contributed by atoms with Crippen molar-refractivity contribution in [3.8, 4) is 6.07 Å². The van der Waals surface area contributed by atoms with Gasteiger partial charge in [-0.2, -0.15) is 10.4 Å². The van der Waals surface area contributed by atoms with Gasteiger partial charge in [0, 0.05) is 38.0 Å². The molecule has 2 N–H and O–H groups in total. The molecule has 1 atom stereocenters. The number of hydrogen-bond donors (Lipinski definition) is 2. The summed E-state index contributed by atoms with van der Waals surface area (Å²) in [5.74, 6) is -1.21. The Morgan fingerprint density at radius 2 is 1.80 bits per heavy atom. The third-order valence-corrected chi connectivity index (χ3v) is 7.33. The van der Waals surface area contributed by atoms with E-state index in [9.17, 15) is 24.0 Å². The second-order valence-corrected chi connectivity index (χ2v) is 10.1. The van der Waals surface area contributed by atoms with Crippen molar-refractivity contribution >= 4 is 22.7 Å². The number of rotatable bonds is 6. The lowest BCUT2D eigenvalue weighted by Crippen LogP contribution is -2.58. The fourth-order valence-corrected chi connectivity index (χ4v) is 5.08. The first-order chi connectivity index (χ1) is 19.8. The molecule has 4 aromatic rings. The predicted molar refractivity (Wildman–Crippen MR) is 152 cm³/mol. The number of aromatic amines is 1. The highest BCUT2D eigenvalue weighted by Gasteiger charge is 2.34. The predicted octanol–water partition coefficient (Wildman–Crippen LogP) is 3.91. The molecule has 41 heavy (non-hydrogen) atoms. The van der Waals surface area contributed by atoms with Gasteiger partial charge in [-0.15, -0.1) is 0 Å². The summed E-state index contributed by atoms with van der Waals surface area (Å²) in [6.07, 6.45) is 0.274. The van der Waals surface area contributed by atoms with Gasteiger partial charge in [0.15, 0.2) is 0 Å². The lowest BCUT2D eigenvalue weighted by Gasteiger charge is -2.40. The van der Waals surface area contributed by atoms with Crippen molar-refractivity contribution in [2.75, 3.05) is 19.6 Å². The summed E-state index contributed by atoms with van der Waals surface area (Å²) in [5.41, 5.74) is 2.92. The van der Waals surface area contributed by atoms with Crippen LogP contribution in [-0.2, 0) is 13.0 Å². The summed E-state index contributed by atoms with van der Waals surface area (Å²) >= 11 is 0. The van der Waals surface area contributed by atoms with E-state index in [0.717, 1.165) is 11.1 Å². The molecular formula is C31H29FN6O3. The zero-order chi connectivity index (χ0) is 28.9. The monoisotopic (exact) mass is 552 g/mol. The molecule has 0 radical (unpaired) electrons. The van der Waals surface area contributed by atoms with Crippen molar-refractivity contribution in [3.63, 3.8) is 0 Å². The van der Waals surface area contributed by atoms with E-state index in [1.54, 1.807) is 29.2 Å². The molecule has 1 aliphatic heterocycles. The van der Waals surface area contributed by atoms with E-state index in [1.165, 1.54) is 17.0 Å². The number of hydrogen-bond acceptors (Lipinski definition) is 5. The van der Waals surface area contributed by atoms with Gasteiger partial charge >= 0.3 is 6.03 Å². The first-order valence-electron chi connectivity index (χ1n) is 13.3. The summed E-state index contributed by atoms with van der Waals surface area (Å²) in [5, 5.41) is 20.2. The minimum absolute atomic E-state index is 0.00206. The second-order valence-electron chi connectivity index (χ2n) is 10.1. The molecule has 208 valence electrons. The fraction of sp³-hybridized carbons (Fsp3) is 0.258. The molecule has 0 unspecified atom stereocenters. The minimum atomic E-state index is -0.674. The molecule has 9 nitrogen and oxygen atoms in total. The molecule has 1 fully saturated rings. The molecular weight excluding hydrogens is 523 g/mol. The topological polar surface area (TPSA) is 122 Å². The van der Waals surface area contributed by atoms with Crippen molar-refractivity contribution in [2.24, 2.45) is 0 Å². The summed E-state index contributed by atoms with van der Waals surface area (Å²) in [6, 6.07) is 20.5. The molecule has 1 aromatic heterocycles. The molecule has 0 aliphatic carbocycles. The number of nitriles is 1. The van der Waals surface area contributed by atoms with Gasteiger partial charge in [0.25, 0.3) is 11.5 Å². The third-order valence-electron chi connectivity index (χ3n) is 7.33. The normalized spacial score (nSPS) is 15.0. The number of urea groups is 1. The maximum Gasteiger partial charge on any atom is 0.317 e. The van der Waals surface area contributed by atoms with Gasteiger partial charge in [-0.25, -0.2) is 14.3 Å². The summed E-state index contributed by atoms with van der Waals surface area (Å²) in [7, 11) is 0. The van der Waals surface area contributed by atoms with Gasteiger partial charge in [0.2, 0.25) is 0 Å². The van der Waals surface area contributed by atoms with Crippen LogP contribution in [-0.4, -0.2) is 57.6 Å². The Kier molecular flexibility index (Phi) is 8.06. The Balaban J connectivity index is 1.30. The lowest BCUT2D eigenvalue weighted by molar-refractivity contribution is 0.0511. The van der Waals surface area contributed by atoms with Gasteiger partial charge in [-0.3, -0.25) is 9.59 Å². The third kappa shape index (κ3) is 6.09. The Bertz CT molecular complexity index is 1700. The van der Waals surface area contributed by atoms with Crippen molar-refractivity contribution in [3.05, 3.63) is 111 Å². The van der Waals surface area contributed by atoms with E-state index in [-0.39, 0.29) is 49.6 Å². The van der Waals surface area contributed by atoms with E-state index in [1.807, 2.05) is 37.3 Å². The molecule has 5 rings (SSSR count). The van der Waals surface area contributed by atoms with Crippen LogP contribution >= 0.6 is 0 Å². The SMILES string of the molecule is Cc1ccc(CNC(=O)N2CCN(C(=O)c3cc(Cc4n[nH]c(=O)c5ccccc45)ccc3F)[C@H](CC#N)C2)cc1. The van der Waals surface area contributed by atoms with E-state index in [2.05, 4.69) is 21.6 Å². The standard InChI is InChI=1S/C31H29FN6O3/c1-20-6-8-21(9-7-20)18-34-31(41)37-14-15-38(23(19-37)12-13-33)30(40)26-16-22(10-11-27(26)32)17-28-24-4-2-3-5-25(24)29(39)36-35-28/h2-11,16,23H,12,14-15,17-19H2,1H3,(H,34,41)(H,36,39)/t23-/m1/s1. The van der Waals surface area contributed by atoms with Gasteiger partial charge in [-0.05, 0) is 36.2 Å². The van der Waals surface area contributed by atoms with Crippen LogP contribution in [0, 0.1) is 24.1 Å². The van der Waals surface area contributed by atoms with Crippen LogP contribution in [0.4, 0.5) is 9.18 Å². The first-order valence-corrected chi connectivity index (χ1v) is 13.3. The number of piperazine rings is 1. The van der Waals surface area contributed by atoms with Crippen molar-refractivity contribution in [1.29, 1.82) is 5.26 Å². The first kappa shape index (κ1) is 27.5. The number of fused-ring (bicyclic) bond motifs is 1. The zero-order valence-corrected chi connectivity index (χ0v) is 22.6. The quantitative estimate of drug-likeness (QED) is 0.376. The van der Waals surface area contributed by atoms with Gasteiger partial charge in [-0.1, -0.05) is 54.1 Å². The van der Waals surface area contributed by atoms with Gasteiger partial charge in [0.05, 0.1) is 35.2 Å². The van der Waals surface area contributed by atoms with Crippen LogP contribution in [0.5, 0.6) is 0 Å². The number of carbonyl (C=O) groups is 2. The number of nitrogens with one attached hydrogen (secondary N) is 2. The highest BCUT2D eigenvalue weighted by Crippen LogP contribution is 2.22. The Morgan fingerprint density at radius 1 is 1.07 bits per heavy atom. The van der Waals surface area contributed by atoms with Crippen molar-refractivity contribution in [1.82, 2.24) is 25.3 Å². The number of amides is 3. The molecule has 0 saturated carbocycles. The van der Waals surface area contributed by atoms with Crippen molar-refractivity contribution < 1.29 is 14.0 Å². The Labute approximate surface area is 236 Å². The molecule has 1 saturated heterocycles. The highest BCUT2D eigenvalue weighted by molar-refractivity contribution is 5.95. The molecule has 2 heterocycles. The summed E-state index contributed by atoms with van der Waals surface area (Å²) in [6.45, 7) is 2.93. The molecule has 1 aliphatic rings. The number of aryl methyl sites for hydroxylation is 1.